The number of ketones is 1. The first-order valence-electron chi connectivity index (χ1n) is 6.84. The molecule has 7 heteroatoms. The van der Waals surface area contributed by atoms with Crippen molar-refractivity contribution >= 4 is 18.7 Å². The summed E-state index contributed by atoms with van der Waals surface area (Å²) in [7, 11) is -2.71. The van der Waals surface area contributed by atoms with Crippen LogP contribution < -0.4 is 10.0 Å². The van der Waals surface area contributed by atoms with Gasteiger partial charge in [0.15, 0.2) is 5.78 Å². The van der Waals surface area contributed by atoms with Crippen LogP contribution in [0.25, 0.3) is 0 Å². The largest absolute Gasteiger partial charge is 0.491 e. The Morgan fingerprint density at radius 3 is 1.96 bits per heavy atom. The number of carbonyl (C=O) groups is 1. The molecule has 0 amide bonds. The van der Waals surface area contributed by atoms with E-state index in [2.05, 4.69) is 0 Å². The third-order valence-electron chi connectivity index (χ3n) is 3.14. The Bertz CT molecular complexity index is 702. The second kappa shape index (κ2) is 7.53. The average molecular weight is 336 g/mol. The normalized spacial score (nSPS) is 11.3. The molecule has 0 bridgehead atoms. The lowest BCUT2D eigenvalue weighted by Gasteiger charge is -2.07. The van der Waals surface area contributed by atoms with E-state index in [1.807, 2.05) is 0 Å². The lowest BCUT2D eigenvalue weighted by molar-refractivity contribution is 0.103. The lowest BCUT2D eigenvalue weighted by atomic mass is 10.0. The van der Waals surface area contributed by atoms with Crippen molar-refractivity contribution in [3.63, 3.8) is 0 Å². The van der Waals surface area contributed by atoms with Crippen molar-refractivity contribution in [2.45, 2.75) is 0 Å². The number of carbonyl (C=O) groups excluding carboxylic acids is 1. The topological polar surface area (TPSA) is 93.1 Å². The van der Waals surface area contributed by atoms with E-state index >= 15 is 0 Å². The zero-order valence-corrected chi connectivity index (χ0v) is 13.4. The SMILES string of the molecule is COCCOc1ccc(C(=O)c2ccc(P(=O)(O)O)cc2)cc1. The van der Waals surface area contributed by atoms with Gasteiger partial charge >= 0.3 is 7.60 Å². The minimum atomic E-state index is -4.30. The molecule has 6 nitrogen and oxygen atoms in total. The van der Waals surface area contributed by atoms with Crippen molar-refractivity contribution in [3.05, 3.63) is 59.7 Å². The van der Waals surface area contributed by atoms with Gasteiger partial charge in [-0.3, -0.25) is 9.36 Å². The van der Waals surface area contributed by atoms with Gasteiger partial charge in [-0.2, -0.15) is 0 Å². The smallest absolute Gasteiger partial charge is 0.356 e. The molecule has 2 aromatic rings. The molecule has 0 aliphatic carbocycles. The van der Waals surface area contributed by atoms with Gasteiger partial charge in [-0.1, -0.05) is 12.1 Å². The van der Waals surface area contributed by atoms with Crippen LogP contribution in [0.2, 0.25) is 0 Å². The molecule has 2 aromatic carbocycles. The van der Waals surface area contributed by atoms with Gasteiger partial charge in [0, 0.05) is 18.2 Å². The van der Waals surface area contributed by atoms with E-state index in [-0.39, 0.29) is 11.1 Å². The highest BCUT2D eigenvalue weighted by atomic mass is 31.2. The summed E-state index contributed by atoms with van der Waals surface area (Å²) >= 11 is 0. The summed E-state index contributed by atoms with van der Waals surface area (Å²) in [4.78, 5) is 30.4. The third-order valence-corrected chi connectivity index (χ3v) is 4.11. The van der Waals surface area contributed by atoms with Gasteiger partial charge < -0.3 is 19.3 Å². The summed E-state index contributed by atoms with van der Waals surface area (Å²) in [5, 5.41) is -0.115. The molecule has 0 spiro atoms. The van der Waals surface area contributed by atoms with Crippen LogP contribution in [-0.2, 0) is 9.30 Å². The van der Waals surface area contributed by atoms with E-state index in [0.717, 1.165) is 0 Å². The van der Waals surface area contributed by atoms with Crippen LogP contribution in [0.4, 0.5) is 0 Å². The maximum atomic E-state index is 12.3. The number of hydrogen-bond acceptors (Lipinski definition) is 4. The lowest BCUT2D eigenvalue weighted by Crippen LogP contribution is -2.07. The van der Waals surface area contributed by atoms with Crippen molar-refractivity contribution < 1.29 is 28.6 Å². The number of rotatable bonds is 7. The molecule has 23 heavy (non-hydrogen) atoms. The number of hydrogen-bond donors (Lipinski definition) is 2. The Morgan fingerprint density at radius 2 is 1.48 bits per heavy atom. The highest BCUT2D eigenvalue weighted by Crippen LogP contribution is 2.32. The van der Waals surface area contributed by atoms with Gasteiger partial charge in [0.25, 0.3) is 0 Å². The quantitative estimate of drug-likeness (QED) is 0.454. The van der Waals surface area contributed by atoms with E-state index in [0.29, 0.717) is 30.1 Å². The first-order valence-corrected chi connectivity index (χ1v) is 8.46. The zero-order chi connectivity index (χ0) is 16.9. The van der Waals surface area contributed by atoms with Gasteiger partial charge in [0.1, 0.15) is 12.4 Å². The Kier molecular flexibility index (Phi) is 5.69. The summed E-state index contributed by atoms with van der Waals surface area (Å²) < 4.78 is 21.4. The molecule has 122 valence electrons. The van der Waals surface area contributed by atoms with Crippen molar-refractivity contribution in [3.8, 4) is 5.75 Å². The van der Waals surface area contributed by atoms with Gasteiger partial charge in [0.2, 0.25) is 0 Å². The summed E-state index contributed by atoms with van der Waals surface area (Å²) in [6.07, 6.45) is 0. The fourth-order valence-corrected chi connectivity index (χ4v) is 2.46. The Morgan fingerprint density at radius 1 is 0.957 bits per heavy atom. The zero-order valence-electron chi connectivity index (χ0n) is 12.5. The van der Waals surface area contributed by atoms with Crippen LogP contribution >= 0.6 is 7.60 Å². The maximum Gasteiger partial charge on any atom is 0.356 e. The van der Waals surface area contributed by atoms with Crippen LogP contribution in [0.15, 0.2) is 48.5 Å². The molecule has 0 aromatic heterocycles. The summed E-state index contributed by atoms with van der Waals surface area (Å²) in [6, 6.07) is 12.0. The van der Waals surface area contributed by atoms with Crippen LogP contribution in [0.3, 0.4) is 0 Å². The Hall–Kier alpha value is -1.98. The van der Waals surface area contributed by atoms with Gasteiger partial charge in [-0.25, -0.2) is 0 Å². The molecule has 0 atom stereocenters. The van der Waals surface area contributed by atoms with Crippen molar-refractivity contribution in [2.24, 2.45) is 0 Å². The minimum Gasteiger partial charge on any atom is -0.491 e. The standard InChI is InChI=1S/C16H17O6P/c1-21-10-11-22-14-6-2-12(3-7-14)16(17)13-4-8-15(9-5-13)23(18,19)20/h2-9H,10-11H2,1H3,(H2,18,19,20). The van der Waals surface area contributed by atoms with Crippen molar-refractivity contribution in [1.29, 1.82) is 0 Å². The Balaban J connectivity index is 2.09. The summed E-state index contributed by atoms with van der Waals surface area (Å²) in [5.74, 6) is 0.404. The minimum absolute atomic E-state index is 0.115. The van der Waals surface area contributed by atoms with Gasteiger partial charge in [0.05, 0.1) is 11.9 Å². The van der Waals surface area contributed by atoms with E-state index in [4.69, 9.17) is 19.3 Å². The molecule has 0 saturated carbocycles. The molecular formula is C16H17O6P. The third kappa shape index (κ3) is 4.74. The summed E-state index contributed by atoms with van der Waals surface area (Å²) in [6.45, 7) is 0.903. The van der Waals surface area contributed by atoms with Gasteiger partial charge in [-0.15, -0.1) is 0 Å². The van der Waals surface area contributed by atoms with Crippen molar-refractivity contribution in [2.75, 3.05) is 20.3 Å². The van der Waals surface area contributed by atoms with Crippen molar-refractivity contribution in [1.82, 2.24) is 0 Å². The molecule has 0 radical (unpaired) electrons. The summed E-state index contributed by atoms with van der Waals surface area (Å²) in [5.41, 5.74) is 0.822. The monoisotopic (exact) mass is 336 g/mol. The fourth-order valence-electron chi connectivity index (χ4n) is 1.92. The van der Waals surface area contributed by atoms with Crippen LogP contribution in [-0.4, -0.2) is 35.9 Å². The second-order valence-electron chi connectivity index (χ2n) is 4.79. The highest BCUT2D eigenvalue weighted by Gasteiger charge is 2.17. The molecule has 0 aliphatic rings. The molecule has 0 saturated heterocycles. The van der Waals surface area contributed by atoms with E-state index in [1.54, 1.807) is 31.4 Å². The predicted molar refractivity (Wildman–Crippen MR) is 85.4 cm³/mol. The van der Waals surface area contributed by atoms with Gasteiger partial charge in [-0.05, 0) is 36.4 Å². The number of benzene rings is 2. The molecule has 2 N–H and O–H groups in total. The molecule has 2 rings (SSSR count). The van der Waals surface area contributed by atoms with Crippen LogP contribution in [0.5, 0.6) is 5.75 Å². The fraction of sp³-hybridized carbons (Fsp3) is 0.188. The number of methoxy groups -OCH3 is 1. The average Bonchev–Trinajstić information content (AvgIpc) is 2.54. The molecular weight excluding hydrogens is 319 g/mol. The molecule has 0 heterocycles. The molecule has 0 fully saturated rings. The van der Waals surface area contributed by atoms with Crippen LogP contribution in [0.1, 0.15) is 15.9 Å². The highest BCUT2D eigenvalue weighted by molar-refractivity contribution is 7.60. The predicted octanol–water partition coefficient (Wildman–Crippen LogP) is 1.75. The number of ether oxygens (including phenoxy) is 2. The van der Waals surface area contributed by atoms with Crippen LogP contribution in [0, 0.1) is 0 Å². The second-order valence-corrected chi connectivity index (χ2v) is 6.39. The first-order chi connectivity index (χ1) is 10.9. The maximum absolute atomic E-state index is 12.3. The molecule has 0 unspecified atom stereocenters. The Labute approximate surface area is 133 Å². The van der Waals surface area contributed by atoms with E-state index in [1.165, 1.54) is 24.3 Å². The van der Waals surface area contributed by atoms with E-state index in [9.17, 15) is 9.36 Å². The first kappa shape index (κ1) is 17.4. The van der Waals surface area contributed by atoms with E-state index < -0.39 is 7.60 Å². The molecule has 0 aliphatic heterocycles.